The SMILES string of the molecule is Cc1cccc(N(C)C(=O)c2cccc3c2CCNC3)c1. The number of amides is 1. The van der Waals surface area contributed by atoms with Gasteiger partial charge in [0.1, 0.15) is 0 Å². The zero-order valence-electron chi connectivity index (χ0n) is 12.5. The zero-order valence-corrected chi connectivity index (χ0v) is 12.5. The van der Waals surface area contributed by atoms with Gasteiger partial charge in [-0.2, -0.15) is 0 Å². The second-order valence-corrected chi connectivity index (χ2v) is 5.57. The molecule has 0 aromatic heterocycles. The normalized spacial score (nSPS) is 13.6. The third-order valence-corrected chi connectivity index (χ3v) is 4.06. The molecule has 1 aliphatic heterocycles. The van der Waals surface area contributed by atoms with Gasteiger partial charge in [-0.05, 0) is 54.8 Å². The number of rotatable bonds is 2. The van der Waals surface area contributed by atoms with Crippen LogP contribution in [0, 0.1) is 6.92 Å². The fourth-order valence-corrected chi connectivity index (χ4v) is 2.87. The van der Waals surface area contributed by atoms with Crippen molar-refractivity contribution < 1.29 is 4.79 Å². The topological polar surface area (TPSA) is 32.3 Å². The molecule has 0 fully saturated rings. The summed E-state index contributed by atoms with van der Waals surface area (Å²) >= 11 is 0. The van der Waals surface area contributed by atoms with E-state index >= 15 is 0 Å². The Morgan fingerprint density at radius 2 is 2.00 bits per heavy atom. The molecule has 0 saturated heterocycles. The highest BCUT2D eigenvalue weighted by Gasteiger charge is 2.20. The van der Waals surface area contributed by atoms with E-state index in [1.807, 2.05) is 50.4 Å². The Hall–Kier alpha value is -2.13. The summed E-state index contributed by atoms with van der Waals surface area (Å²) in [6, 6.07) is 14.1. The number of hydrogen-bond donors (Lipinski definition) is 1. The van der Waals surface area contributed by atoms with Gasteiger partial charge in [0, 0.05) is 24.8 Å². The van der Waals surface area contributed by atoms with Gasteiger partial charge < -0.3 is 10.2 Å². The van der Waals surface area contributed by atoms with Crippen molar-refractivity contribution >= 4 is 11.6 Å². The van der Waals surface area contributed by atoms with Gasteiger partial charge in [-0.25, -0.2) is 0 Å². The molecule has 0 atom stereocenters. The summed E-state index contributed by atoms with van der Waals surface area (Å²) in [5.41, 5.74) is 5.36. The van der Waals surface area contributed by atoms with Crippen molar-refractivity contribution in [3.8, 4) is 0 Å². The van der Waals surface area contributed by atoms with Crippen molar-refractivity contribution in [1.29, 1.82) is 0 Å². The van der Waals surface area contributed by atoms with E-state index in [2.05, 4.69) is 11.4 Å². The smallest absolute Gasteiger partial charge is 0.258 e. The molecule has 1 heterocycles. The van der Waals surface area contributed by atoms with Crippen LogP contribution in [0.2, 0.25) is 0 Å². The van der Waals surface area contributed by atoms with Crippen molar-refractivity contribution in [1.82, 2.24) is 5.32 Å². The van der Waals surface area contributed by atoms with Gasteiger partial charge in [-0.3, -0.25) is 4.79 Å². The van der Waals surface area contributed by atoms with Crippen LogP contribution < -0.4 is 10.2 Å². The number of aryl methyl sites for hydroxylation is 1. The lowest BCUT2D eigenvalue weighted by molar-refractivity contribution is 0.0992. The lowest BCUT2D eigenvalue weighted by Crippen LogP contribution is -2.30. The third-order valence-electron chi connectivity index (χ3n) is 4.06. The van der Waals surface area contributed by atoms with Crippen LogP contribution in [0.1, 0.15) is 27.0 Å². The summed E-state index contributed by atoms with van der Waals surface area (Å²) in [5, 5.41) is 3.35. The van der Waals surface area contributed by atoms with Crippen molar-refractivity contribution in [3.63, 3.8) is 0 Å². The van der Waals surface area contributed by atoms with Gasteiger partial charge in [0.2, 0.25) is 0 Å². The number of nitrogens with one attached hydrogen (secondary N) is 1. The minimum absolute atomic E-state index is 0.0688. The Morgan fingerprint density at radius 3 is 2.81 bits per heavy atom. The van der Waals surface area contributed by atoms with E-state index in [0.29, 0.717) is 0 Å². The predicted molar refractivity (Wildman–Crippen MR) is 85.8 cm³/mol. The van der Waals surface area contributed by atoms with E-state index in [1.165, 1.54) is 11.1 Å². The molecule has 0 spiro atoms. The average molecular weight is 280 g/mol. The molecule has 108 valence electrons. The molecule has 0 aliphatic carbocycles. The number of hydrogen-bond acceptors (Lipinski definition) is 2. The Morgan fingerprint density at radius 1 is 1.19 bits per heavy atom. The van der Waals surface area contributed by atoms with Crippen LogP contribution in [0.5, 0.6) is 0 Å². The molecule has 1 aliphatic rings. The maximum Gasteiger partial charge on any atom is 0.258 e. The van der Waals surface area contributed by atoms with E-state index in [4.69, 9.17) is 0 Å². The number of nitrogens with zero attached hydrogens (tertiary/aromatic N) is 1. The van der Waals surface area contributed by atoms with Crippen molar-refractivity contribution in [2.45, 2.75) is 19.9 Å². The Bertz CT molecular complexity index is 679. The van der Waals surface area contributed by atoms with E-state index in [-0.39, 0.29) is 5.91 Å². The highest BCUT2D eigenvalue weighted by atomic mass is 16.2. The van der Waals surface area contributed by atoms with Crippen molar-refractivity contribution in [2.24, 2.45) is 0 Å². The van der Waals surface area contributed by atoms with Crippen LogP contribution in [0.15, 0.2) is 42.5 Å². The van der Waals surface area contributed by atoms with Crippen molar-refractivity contribution in [3.05, 3.63) is 64.7 Å². The first-order valence-electron chi connectivity index (χ1n) is 7.33. The van der Waals surface area contributed by atoms with Gasteiger partial charge in [0.05, 0.1) is 0 Å². The summed E-state index contributed by atoms with van der Waals surface area (Å²) in [4.78, 5) is 14.6. The Labute approximate surface area is 125 Å². The molecule has 3 heteroatoms. The molecule has 0 bridgehead atoms. The van der Waals surface area contributed by atoms with E-state index < -0.39 is 0 Å². The quantitative estimate of drug-likeness (QED) is 0.917. The molecule has 0 saturated carbocycles. The Kier molecular flexibility index (Phi) is 3.76. The summed E-state index contributed by atoms with van der Waals surface area (Å²) in [6.45, 7) is 3.83. The monoisotopic (exact) mass is 280 g/mol. The van der Waals surface area contributed by atoms with E-state index in [1.54, 1.807) is 4.90 Å². The summed E-state index contributed by atoms with van der Waals surface area (Å²) in [7, 11) is 1.84. The first kappa shape index (κ1) is 13.8. The molecule has 2 aromatic carbocycles. The number of carbonyl (C=O) groups excluding carboxylic acids is 1. The van der Waals surface area contributed by atoms with Crippen LogP contribution in [-0.4, -0.2) is 19.5 Å². The summed E-state index contributed by atoms with van der Waals surface area (Å²) < 4.78 is 0. The van der Waals surface area contributed by atoms with Crippen LogP contribution in [0.25, 0.3) is 0 Å². The highest BCUT2D eigenvalue weighted by Crippen LogP contribution is 2.22. The number of anilines is 1. The van der Waals surface area contributed by atoms with Gasteiger partial charge >= 0.3 is 0 Å². The molecule has 0 unspecified atom stereocenters. The molecule has 21 heavy (non-hydrogen) atoms. The molecule has 1 amide bonds. The Balaban J connectivity index is 1.95. The zero-order chi connectivity index (χ0) is 14.8. The highest BCUT2D eigenvalue weighted by molar-refractivity contribution is 6.07. The minimum atomic E-state index is 0.0688. The third kappa shape index (κ3) is 2.69. The van der Waals surface area contributed by atoms with E-state index in [9.17, 15) is 4.79 Å². The number of benzene rings is 2. The second kappa shape index (κ2) is 5.70. The number of carbonyl (C=O) groups is 1. The molecular formula is C18H20N2O. The lowest BCUT2D eigenvalue weighted by Gasteiger charge is -2.23. The predicted octanol–water partition coefficient (Wildman–Crippen LogP) is 2.92. The maximum atomic E-state index is 12.8. The first-order chi connectivity index (χ1) is 10.2. The number of fused-ring (bicyclic) bond motifs is 1. The molecule has 3 rings (SSSR count). The van der Waals surface area contributed by atoms with Gasteiger partial charge in [-0.15, -0.1) is 0 Å². The molecule has 2 aromatic rings. The van der Waals surface area contributed by atoms with Gasteiger partial charge in [-0.1, -0.05) is 24.3 Å². The summed E-state index contributed by atoms with van der Waals surface area (Å²) in [6.07, 6.45) is 0.916. The largest absolute Gasteiger partial charge is 0.312 e. The molecule has 3 nitrogen and oxygen atoms in total. The lowest BCUT2D eigenvalue weighted by atomic mass is 9.94. The fourth-order valence-electron chi connectivity index (χ4n) is 2.87. The standard InChI is InChI=1S/C18H20N2O/c1-13-5-3-7-15(11-13)20(2)18(21)17-8-4-6-14-12-19-10-9-16(14)17/h3-8,11,19H,9-10,12H2,1-2H3. The van der Waals surface area contributed by atoms with Crippen LogP contribution in [0.4, 0.5) is 5.69 Å². The van der Waals surface area contributed by atoms with Gasteiger partial charge in [0.15, 0.2) is 0 Å². The molecular weight excluding hydrogens is 260 g/mol. The van der Waals surface area contributed by atoms with Crippen LogP contribution >= 0.6 is 0 Å². The fraction of sp³-hybridized carbons (Fsp3) is 0.278. The molecule has 1 N–H and O–H groups in total. The van der Waals surface area contributed by atoms with Crippen molar-refractivity contribution in [2.75, 3.05) is 18.5 Å². The first-order valence-corrected chi connectivity index (χ1v) is 7.33. The van der Waals surface area contributed by atoms with Crippen LogP contribution in [0.3, 0.4) is 0 Å². The molecule has 0 radical (unpaired) electrons. The van der Waals surface area contributed by atoms with Gasteiger partial charge in [0.25, 0.3) is 5.91 Å². The van der Waals surface area contributed by atoms with Crippen LogP contribution in [-0.2, 0) is 13.0 Å². The summed E-state index contributed by atoms with van der Waals surface area (Å²) in [5.74, 6) is 0.0688. The average Bonchev–Trinajstić information content (AvgIpc) is 2.53. The van der Waals surface area contributed by atoms with E-state index in [0.717, 1.165) is 36.3 Å². The minimum Gasteiger partial charge on any atom is -0.312 e. The maximum absolute atomic E-state index is 12.8. The second-order valence-electron chi connectivity index (χ2n) is 5.57.